The van der Waals surface area contributed by atoms with Crippen molar-refractivity contribution in [3.63, 3.8) is 0 Å². The Morgan fingerprint density at radius 2 is 1.41 bits per heavy atom. The fourth-order valence-electron chi connectivity index (χ4n) is 5.12. The van der Waals surface area contributed by atoms with Gasteiger partial charge in [-0.2, -0.15) is 0 Å². The van der Waals surface area contributed by atoms with E-state index in [1.807, 2.05) is 0 Å². The molecule has 0 saturated heterocycles. The topological polar surface area (TPSA) is 12.0 Å². The zero-order valence-electron chi connectivity index (χ0n) is 11.8. The highest BCUT2D eigenvalue weighted by molar-refractivity contribution is 4.98. The van der Waals surface area contributed by atoms with Crippen molar-refractivity contribution in [3.05, 3.63) is 0 Å². The van der Waals surface area contributed by atoms with Gasteiger partial charge in [0.05, 0.1) is 0 Å². The van der Waals surface area contributed by atoms with Crippen molar-refractivity contribution < 1.29 is 0 Å². The summed E-state index contributed by atoms with van der Waals surface area (Å²) in [6, 6.07) is 0. The first-order chi connectivity index (χ1) is 8.01. The fraction of sp³-hybridized carbons (Fsp3) is 1.00. The van der Waals surface area contributed by atoms with Crippen LogP contribution in [0.15, 0.2) is 0 Å². The van der Waals surface area contributed by atoms with E-state index in [2.05, 4.69) is 26.1 Å². The summed E-state index contributed by atoms with van der Waals surface area (Å²) in [4.78, 5) is 0. The maximum absolute atomic E-state index is 3.68. The molecule has 17 heavy (non-hydrogen) atoms. The molecular weight excluding hydrogens is 206 g/mol. The molecule has 4 fully saturated rings. The van der Waals surface area contributed by atoms with Crippen LogP contribution in [0, 0.1) is 29.6 Å². The second-order valence-electron chi connectivity index (χ2n) is 8.06. The summed E-state index contributed by atoms with van der Waals surface area (Å²) in [6.45, 7) is 8.08. The lowest BCUT2D eigenvalue weighted by Gasteiger charge is -2.54. The van der Waals surface area contributed by atoms with E-state index in [0.29, 0.717) is 5.54 Å². The Kier molecular flexibility index (Phi) is 3.01. The van der Waals surface area contributed by atoms with E-state index < -0.39 is 0 Å². The van der Waals surface area contributed by atoms with E-state index >= 15 is 0 Å². The quantitative estimate of drug-likeness (QED) is 0.784. The van der Waals surface area contributed by atoms with Gasteiger partial charge >= 0.3 is 0 Å². The maximum Gasteiger partial charge on any atom is 0.00965 e. The van der Waals surface area contributed by atoms with Crippen molar-refractivity contribution in [2.45, 2.75) is 64.8 Å². The zero-order valence-corrected chi connectivity index (χ0v) is 11.8. The molecule has 0 unspecified atom stereocenters. The standard InChI is InChI=1S/C16H29N/c1-16(2,3)17-5-4-15-13-7-11-6-12(9-13)10-14(15)8-11/h11-15,17H,4-10H2,1-3H3. The third kappa shape index (κ3) is 2.54. The molecule has 0 aliphatic heterocycles. The third-order valence-corrected chi connectivity index (χ3v) is 5.55. The highest BCUT2D eigenvalue weighted by atomic mass is 14.9. The van der Waals surface area contributed by atoms with E-state index in [4.69, 9.17) is 0 Å². The molecule has 0 aromatic carbocycles. The molecule has 4 rings (SSSR count). The van der Waals surface area contributed by atoms with E-state index in [0.717, 1.165) is 29.6 Å². The second kappa shape index (κ2) is 4.26. The Hall–Kier alpha value is -0.0400. The lowest BCUT2D eigenvalue weighted by Crippen LogP contribution is -2.46. The summed E-state index contributed by atoms with van der Waals surface area (Å²) in [5.41, 5.74) is 0.298. The second-order valence-corrected chi connectivity index (χ2v) is 8.06. The van der Waals surface area contributed by atoms with Crippen LogP contribution in [0.5, 0.6) is 0 Å². The predicted octanol–water partition coefficient (Wildman–Crippen LogP) is 3.84. The first kappa shape index (κ1) is 12.0. The van der Waals surface area contributed by atoms with Gasteiger partial charge in [-0.3, -0.25) is 0 Å². The highest BCUT2D eigenvalue weighted by Crippen LogP contribution is 2.57. The molecule has 4 aliphatic carbocycles. The van der Waals surface area contributed by atoms with Crippen LogP contribution in [-0.4, -0.2) is 12.1 Å². The van der Waals surface area contributed by atoms with Crippen LogP contribution in [0.3, 0.4) is 0 Å². The summed E-state index contributed by atoms with van der Waals surface area (Å²) in [5.74, 6) is 5.53. The number of rotatable bonds is 3. The number of hydrogen-bond donors (Lipinski definition) is 1. The smallest absolute Gasteiger partial charge is 0.00965 e. The van der Waals surface area contributed by atoms with Crippen molar-refractivity contribution >= 4 is 0 Å². The average molecular weight is 235 g/mol. The maximum atomic E-state index is 3.68. The summed E-state index contributed by atoms with van der Waals surface area (Å²) in [7, 11) is 0. The first-order valence-electron chi connectivity index (χ1n) is 7.76. The molecular formula is C16H29N. The van der Waals surface area contributed by atoms with Crippen LogP contribution >= 0.6 is 0 Å². The van der Waals surface area contributed by atoms with Gasteiger partial charge in [-0.05, 0) is 95.4 Å². The number of hydrogen-bond acceptors (Lipinski definition) is 1. The van der Waals surface area contributed by atoms with Gasteiger partial charge in [0, 0.05) is 5.54 Å². The zero-order chi connectivity index (χ0) is 12.0. The largest absolute Gasteiger partial charge is 0.312 e. The normalized spacial score (nSPS) is 44.3. The van der Waals surface area contributed by atoms with Crippen molar-refractivity contribution in [2.24, 2.45) is 29.6 Å². The van der Waals surface area contributed by atoms with Crippen molar-refractivity contribution in [1.82, 2.24) is 5.32 Å². The Morgan fingerprint density at radius 3 is 1.88 bits per heavy atom. The third-order valence-electron chi connectivity index (χ3n) is 5.55. The van der Waals surface area contributed by atoms with E-state index in [1.165, 1.54) is 13.0 Å². The Labute approximate surface area is 107 Å². The van der Waals surface area contributed by atoms with Gasteiger partial charge in [0.25, 0.3) is 0 Å². The molecule has 0 radical (unpaired) electrons. The Balaban J connectivity index is 1.54. The van der Waals surface area contributed by atoms with Gasteiger partial charge in [0.15, 0.2) is 0 Å². The minimum atomic E-state index is 0.298. The van der Waals surface area contributed by atoms with Gasteiger partial charge in [0.2, 0.25) is 0 Å². The molecule has 98 valence electrons. The van der Waals surface area contributed by atoms with Crippen LogP contribution in [0.4, 0.5) is 0 Å². The fourth-order valence-corrected chi connectivity index (χ4v) is 5.12. The van der Waals surface area contributed by atoms with E-state index in [9.17, 15) is 0 Å². The van der Waals surface area contributed by atoms with Crippen molar-refractivity contribution in [2.75, 3.05) is 6.54 Å². The molecule has 0 aromatic heterocycles. The number of nitrogens with one attached hydrogen (secondary N) is 1. The minimum Gasteiger partial charge on any atom is -0.312 e. The summed E-state index contributed by atoms with van der Waals surface area (Å²) < 4.78 is 0. The van der Waals surface area contributed by atoms with Crippen LogP contribution in [0.2, 0.25) is 0 Å². The van der Waals surface area contributed by atoms with Crippen molar-refractivity contribution in [3.8, 4) is 0 Å². The summed E-state index contributed by atoms with van der Waals surface area (Å²) >= 11 is 0. The Bertz CT molecular complexity index is 248. The van der Waals surface area contributed by atoms with Crippen LogP contribution < -0.4 is 5.32 Å². The van der Waals surface area contributed by atoms with Gasteiger partial charge in [-0.25, -0.2) is 0 Å². The molecule has 0 spiro atoms. The van der Waals surface area contributed by atoms with Gasteiger partial charge in [-0.1, -0.05) is 0 Å². The van der Waals surface area contributed by atoms with Crippen LogP contribution in [-0.2, 0) is 0 Å². The highest BCUT2D eigenvalue weighted by Gasteiger charge is 2.47. The molecule has 0 aromatic rings. The molecule has 0 heterocycles. The first-order valence-corrected chi connectivity index (χ1v) is 7.76. The summed E-state index contributed by atoms with van der Waals surface area (Å²) in [6.07, 6.45) is 9.33. The molecule has 1 nitrogen and oxygen atoms in total. The minimum absolute atomic E-state index is 0.298. The molecule has 4 aliphatic rings. The average Bonchev–Trinajstić information content (AvgIpc) is 2.19. The lowest BCUT2D eigenvalue weighted by atomic mass is 9.51. The monoisotopic (exact) mass is 235 g/mol. The van der Waals surface area contributed by atoms with E-state index in [1.54, 1.807) is 32.1 Å². The molecule has 4 bridgehead atoms. The predicted molar refractivity (Wildman–Crippen MR) is 72.9 cm³/mol. The lowest BCUT2D eigenvalue weighted by molar-refractivity contribution is -0.0397. The molecule has 1 N–H and O–H groups in total. The Morgan fingerprint density at radius 1 is 0.882 bits per heavy atom. The van der Waals surface area contributed by atoms with Gasteiger partial charge < -0.3 is 5.32 Å². The van der Waals surface area contributed by atoms with Crippen LogP contribution in [0.1, 0.15) is 59.3 Å². The SMILES string of the molecule is CC(C)(C)NCCC1C2CC3CC(C2)CC1C3. The molecule has 1 heteroatoms. The van der Waals surface area contributed by atoms with E-state index in [-0.39, 0.29) is 0 Å². The molecule has 0 atom stereocenters. The molecule has 4 saturated carbocycles. The van der Waals surface area contributed by atoms with Crippen molar-refractivity contribution in [1.29, 1.82) is 0 Å². The van der Waals surface area contributed by atoms with Gasteiger partial charge in [-0.15, -0.1) is 0 Å². The van der Waals surface area contributed by atoms with Crippen LogP contribution in [0.25, 0.3) is 0 Å². The summed E-state index contributed by atoms with van der Waals surface area (Å²) in [5, 5.41) is 3.68. The molecule has 0 amide bonds. The van der Waals surface area contributed by atoms with Gasteiger partial charge in [0.1, 0.15) is 0 Å².